The number of Topliss-reactive ketones (excluding diaryl/α,β-unsaturated/α-hetero) is 1. The summed E-state index contributed by atoms with van der Waals surface area (Å²) in [5, 5.41) is 0. The predicted molar refractivity (Wildman–Crippen MR) is 81.4 cm³/mol. The van der Waals surface area contributed by atoms with Crippen LogP contribution in [0.15, 0.2) is 46.9 Å². The Balaban J connectivity index is 2.19. The molecule has 0 aliphatic heterocycles. The highest BCUT2D eigenvalue weighted by atomic mass is 79.9. The molecule has 0 aliphatic carbocycles. The molecule has 0 saturated carbocycles. The maximum Gasteiger partial charge on any atom is 0.160 e. The summed E-state index contributed by atoms with van der Waals surface area (Å²) in [6.45, 7) is 2.08. The monoisotopic (exact) mass is 334 g/mol. The fourth-order valence-corrected chi connectivity index (χ4v) is 2.48. The van der Waals surface area contributed by atoms with Gasteiger partial charge < -0.3 is 9.47 Å². The molecule has 4 heteroatoms. The number of benzene rings is 2. The van der Waals surface area contributed by atoms with Crippen LogP contribution >= 0.6 is 15.9 Å². The van der Waals surface area contributed by atoms with Gasteiger partial charge in [-0.1, -0.05) is 12.1 Å². The van der Waals surface area contributed by atoms with Crippen LogP contribution in [0.3, 0.4) is 0 Å². The summed E-state index contributed by atoms with van der Waals surface area (Å²) in [5.41, 5.74) is 1.69. The number of halogens is 1. The topological polar surface area (TPSA) is 35.5 Å². The molecule has 3 nitrogen and oxygen atoms in total. The minimum Gasteiger partial charge on any atom is -0.457 e. The lowest BCUT2D eigenvalue weighted by molar-refractivity contribution is 0.101. The van der Waals surface area contributed by atoms with Gasteiger partial charge in [0, 0.05) is 17.1 Å². The molecule has 2 rings (SSSR count). The van der Waals surface area contributed by atoms with Gasteiger partial charge in [-0.05, 0) is 58.7 Å². The molecular formula is C16H15BrO3. The second kappa shape index (κ2) is 6.68. The molecule has 0 amide bonds. The van der Waals surface area contributed by atoms with Gasteiger partial charge >= 0.3 is 0 Å². The molecule has 0 bridgehead atoms. The van der Waals surface area contributed by atoms with Crippen molar-refractivity contribution >= 4 is 21.7 Å². The zero-order chi connectivity index (χ0) is 14.5. The standard InChI is InChI=1S/C16H15BrO3/c1-11(18)15-7-6-14(9-16(15)17)20-13-5-3-4-12(8-13)10-19-2/h3-9H,10H2,1-2H3. The molecule has 104 valence electrons. The third kappa shape index (κ3) is 3.68. The Bertz CT molecular complexity index is 623. The van der Waals surface area contributed by atoms with Crippen molar-refractivity contribution in [3.63, 3.8) is 0 Å². The lowest BCUT2D eigenvalue weighted by Crippen LogP contribution is -1.94. The summed E-state index contributed by atoms with van der Waals surface area (Å²) in [6, 6.07) is 13.0. The minimum atomic E-state index is 0.0190. The average molecular weight is 335 g/mol. The van der Waals surface area contributed by atoms with Crippen molar-refractivity contribution < 1.29 is 14.3 Å². The lowest BCUT2D eigenvalue weighted by atomic mass is 10.1. The first kappa shape index (κ1) is 14.8. The van der Waals surface area contributed by atoms with Gasteiger partial charge in [0.15, 0.2) is 5.78 Å². The first-order chi connectivity index (χ1) is 9.60. The van der Waals surface area contributed by atoms with E-state index in [1.807, 2.05) is 24.3 Å². The van der Waals surface area contributed by atoms with Crippen molar-refractivity contribution in [2.75, 3.05) is 7.11 Å². The smallest absolute Gasteiger partial charge is 0.160 e. The summed E-state index contributed by atoms with van der Waals surface area (Å²) in [5.74, 6) is 1.43. The lowest BCUT2D eigenvalue weighted by Gasteiger charge is -2.09. The van der Waals surface area contributed by atoms with Crippen LogP contribution in [0, 0.1) is 0 Å². The highest BCUT2D eigenvalue weighted by Gasteiger charge is 2.07. The predicted octanol–water partition coefficient (Wildman–Crippen LogP) is 4.59. The Kier molecular flexibility index (Phi) is 4.93. The molecule has 0 aliphatic rings. The molecular weight excluding hydrogens is 320 g/mol. The van der Waals surface area contributed by atoms with E-state index in [-0.39, 0.29) is 5.78 Å². The van der Waals surface area contributed by atoms with Gasteiger partial charge in [-0.2, -0.15) is 0 Å². The van der Waals surface area contributed by atoms with Crippen LogP contribution < -0.4 is 4.74 Å². The SMILES string of the molecule is COCc1cccc(Oc2ccc(C(C)=O)c(Br)c2)c1. The number of ketones is 1. The maximum absolute atomic E-state index is 11.4. The molecule has 0 heterocycles. The molecule has 0 N–H and O–H groups in total. The molecule has 0 aromatic heterocycles. The van der Waals surface area contributed by atoms with Gasteiger partial charge in [0.25, 0.3) is 0 Å². The van der Waals surface area contributed by atoms with Crippen molar-refractivity contribution in [1.29, 1.82) is 0 Å². The first-order valence-corrected chi connectivity index (χ1v) is 6.95. The zero-order valence-electron chi connectivity index (χ0n) is 11.4. The van der Waals surface area contributed by atoms with Gasteiger partial charge in [-0.25, -0.2) is 0 Å². The van der Waals surface area contributed by atoms with Gasteiger partial charge in [0.2, 0.25) is 0 Å². The fraction of sp³-hybridized carbons (Fsp3) is 0.188. The third-order valence-electron chi connectivity index (χ3n) is 2.76. The molecule has 0 atom stereocenters. The number of methoxy groups -OCH3 is 1. The number of hydrogen-bond donors (Lipinski definition) is 0. The summed E-state index contributed by atoms with van der Waals surface area (Å²) in [4.78, 5) is 11.4. The number of carbonyl (C=O) groups is 1. The van der Waals surface area contributed by atoms with E-state index in [9.17, 15) is 4.79 Å². The summed E-state index contributed by atoms with van der Waals surface area (Å²) < 4.78 is 11.6. The molecule has 0 radical (unpaired) electrons. The highest BCUT2D eigenvalue weighted by Crippen LogP contribution is 2.28. The largest absolute Gasteiger partial charge is 0.457 e. The van der Waals surface area contributed by atoms with E-state index in [1.165, 1.54) is 6.92 Å². The highest BCUT2D eigenvalue weighted by molar-refractivity contribution is 9.10. The first-order valence-electron chi connectivity index (χ1n) is 6.16. The summed E-state index contributed by atoms with van der Waals surface area (Å²) in [6.07, 6.45) is 0. The third-order valence-corrected chi connectivity index (χ3v) is 3.42. The molecule has 0 saturated heterocycles. The number of carbonyl (C=O) groups excluding carboxylic acids is 1. The molecule has 2 aromatic carbocycles. The van der Waals surface area contributed by atoms with Crippen LogP contribution in [-0.4, -0.2) is 12.9 Å². The van der Waals surface area contributed by atoms with E-state index >= 15 is 0 Å². The Morgan fingerprint density at radius 2 is 1.90 bits per heavy atom. The number of rotatable bonds is 5. The Morgan fingerprint density at radius 3 is 2.55 bits per heavy atom. The van der Waals surface area contributed by atoms with Gasteiger partial charge in [-0.3, -0.25) is 4.79 Å². The Morgan fingerprint density at radius 1 is 1.15 bits per heavy atom. The molecule has 0 unspecified atom stereocenters. The van der Waals surface area contributed by atoms with E-state index in [0.717, 1.165) is 15.8 Å². The normalized spacial score (nSPS) is 10.3. The summed E-state index contributed by atoms with van der Waals surface area (Å²) >= 11 is 3.38. The van der Waals surface area contributed by atoms with Crippen LogP contribution in [-0.2, 0) is 11.3 Å². The second-order valence-electron chi connectivity index (χ2n) is 4.38. The molecule has 20 heavy (non-hydrogen) atoms. The van der Waals surface area contributed by atoms with E-state index in [2.05, 4.69) is 15.9 Å². The van der Waals surface area contributed by atoms with Crippen molar-refractivity contribution in [3.8, 4) is 11.5 Å². The van der Waals surface area contributed by atoms with Gasteiger partial charge in [-0.15, -0.1) is 0 Å². The summed E-state index contributed by atoms with van der Waals surface area (Å²) in [7, 11) is 1.66. The van der Waals surface area contributed by atoms with Crippen molar-refractivity contribution in [1.82, 2.24) is 0 Å². The van der Waals surface area contributed by atoms with Crippen LogP contribution in [0.1, 0.15) is 22.8 Å². The Hall–Kier alpha value is -1.65. The minimum absolute atomic E-state index is 0.0190. The van der Waals surface area contributed by atoms with E-state index in [4.69, 9.17) is 9.47 Å². The van der Waals surface area contributed by atoms with Crippen molar-refractivity contribution in [2.24, 2.45) is 0 Å². The van der Waals surface area contributed by atoms with Crippen LogP contribution in [0.2, 0.25) is 0 Å². The maximum atomic E-state index is 11.4. The molecule has 2 aromatic rings. The van der Waals surface area contributed by atoms with Crippen LogP contribution in [0.4, 0.5) is 0 Å². The quantitative estimate of drug-likeness (QED) is 0.750. The van der Waals surface area contributed by atoms with Crippen LogP contribution in [0.25, 0.3) is 0 Å². The average Bonchev–Trinajstić information content (AvgIpc) is 2.39. The van der Waals surface area contributed by atoms with E-state index in [1.54, 1.807) is 25.3 Å². The molecule has 0 fully saturated rings. The zero-order valence-corrected chi connectivity index (χ0v) is 12.9. The number of hydrogen-bond acceptors (Lipinski definition) is 3. The Labute approximate surface area is 126 Å². The van der Waals surface area contributed by atoms with Gasteiger partial charge in [0.1, 0.15) is 11.5 Å². The molecule has 0 spiro atoms. The fourth-order valence-electron chi connectivity index (χ4n) is 1.85. The van der Waals surface area contributed by atoms with Crippen LogP contribution in [0.5, 0.6) is 11.5 Å². The van der Waals surface area contributed by atoms with E-state index < -0.39 is 0 Å². The number of ether oxygens (including phenoxy) is 2. The second-order valence-corrected chi connectivity index (χ2v) is 5.23. The van der Waals surface area contributed by atoms with Crippen molar-refractivity contribution in [2.45, 2.75) is 13.5 Å². The van der Waals surface area contributed by atoms with E-state index in [0.29, 0.717) is 17.9 Å². The van der Waals surface area contributed by atoms with Crippen molar-refractivity contribution in [3.05, 3.63) is 58.1 Å². The van der Waals surface area contributed by atoms with Gasteiger partial charge in [0.05, 0.1) is 6.61 Å².